The van der Waals surface area contributed by atoms with E-state index in [1.165, 1.54) is 17.0 Å². The van der Waals surface area contributed by atoms with E-state index in [9.17, 15) is 9.59 Å². The maximum absolute atomic E-state index is 13.0. The van der Waals surface area contributed by atoms with Gasteiger partial charge < -0.3 is 16.0 Å². The molecule has 0 unspecified atom stereocenters. The van der Waals surface area contributed by atoms with Crippen molar-refractivity contribution in [2.75, 3.05) is 18.4 Å². The molecule has 2 aliphatic heterocycles. The number of hydrogen-bond donors (Lipinski definition) is 3. The standard InChI is InChI=1S/C15H15ClN6O2.ClH/c16-9-7-10(20-11-1-4-18-8-19-11)14(24)22-12(9)13(23)21-15(22)2-5-17-6-3-15;/h1,4,7-8,17H,2-3,5-6H2,(H,21,23)(H,18,19,20);1H. The van der Waals surface area contributed by atoms with E-state index in [4.69, 9.17) is 11.6 Å². The molecule has 1 saturated heterocycles. The monoisotopic (exact) mass is 382 g/mol. The average Bonchev–Trinajstić information content (AvgIpc) is 2.86. The van der Waals surface area contributed by atoms with Crippen molar-refractivity contribution in [3.63, 3.8) is 0 Å². The zero-order valence-electron chi connectivity index (χ0n) is 13.1. The molecule has 0 atom stereocenters. The number of nitrogens with zero attached hydrogens (tertiary/aromatic N) is 3. The molecule has 132 valence electrons. The van der Waals surface area contributed by atoms with Crippen molar-refractivity contribution in [2.24, 2.45) is 0 Å². The van der Waals surface area contributed by atoms with Gasteiger partial charge in [-0.1, -0.05) is 11.6 Å². The Morgan fingerprint density at radius 2 is 2.04 bits per heavy atom. The summed E-state index contributed by atoms with van der Waals surface area (Å²) >= 11 is 6.30. The minimum Gasteiger partial charge on any atom is -0.336 e. The summed E-state index contributed by atoms with van der Waals surface area (Å²) in [7, 11) is 0. The van der Waals surface area contributed by atoms with Crippen LogP contribution >= 0.6 is 24.0 Å². The summed E-state index contributed by atoms with van der Waals surface area (Å²) in [5, 5.41) is 9.38. The van der Waals surface area contributed by atoms with Crippen molar-refractivity contribution in [3.05, 3.63) is 45.7 Å². The van der Waals surface area contributed by atoms with Gasteiger partial charge >= 0.3 is 0 Å². The van der Waals surface area contributed by atoms with E-state index in [0.29, 0.717) is 31.7 Å². The first-order valence-corrected chi connectivity index (χ1v) is 8.01. The number of halogens is 2. The molecular weight excluding hydrogens is 367 g/mol. The molecule has 1 fully saturated rings. The third-order valence-electron chi connectivity index (χ3n) is 4.42. The van der Waals surface area contributed by atoms with Gasteiger partial charge in [-0.2, -0.15) is 0 Å². The molecule has 4 heterocycles. The molecule has 0 aliphatic carbocycles. The molecule has 2 aliphatic rings. The van der Waals surface area contributed by atoms with Crippen LogP contribution in [0.15, 0.2) is 29.5 Å². The fraction of sp³-hybridized carbons (Fsp3) is 0.333. The fourth-order valence-corrected chi connectivity index (χ4v) is 3.59. The number of rotatable bonds is 2. The van der Waals surface area contributed by atoms with Crippen molar-refractivity contribution in [2.45, 2.75) is 18.5 Å². The highest BCUT2D eigenvalue weighted by Crippen LogP contribution is 2.34. The van der Waals surface area contributed by atoms with E-state index >= 15 is 0 Å². The molecule has 25 heavy (non-hydrogen) atoms. The Morgan fingerprint density at radius 3 is 2.72 bits per heavy atom. The number of pyridine rings is 1. The largest absolute Gasteiger partial charge is 0.336 e. The number of aromatic nitrogens is 3. The lowest BCUT2D eigenvalue weighted by atomic mass is 9.98. The summed E-state index contributed by atoms with van der Waals surface area (Å²) in [4.78, 5) is 33.3. The second-order valence-electron chi connectivity index (χ2n) is 5.85. The van der Waals surface area contributed by atoms with Crippen molar-refractivity contribution in [1.29, 1.82) is 0 Å². The van der Waals surface area contributed by atoms with Crippen LogP contribution in [-0.2, 0) is 5.66 Å². The van der Waals surface area contributed by atoms with E-state index in [0.717, 1.165) is 0 Å². The topological polar surface area (TPSA) is 101 Å². The van der Waals surface area contributed by atoms with Crippen molar-refractivity contribution in [1.82, 2.24) is 25.2 Å². The molecule has 1 amide bonds. The Morgan fingerprint density at radius 1 is 1.28 bits per heavy atom. The van der Waals surface area contributed by atoms with Crippen molar-refractivity contribution in [3.8, 4) is 0 Å². The van der Waals surface area contributed by atoms with Crippen LogP contribution in [0.25, 0.3) is 0 Å². The van der Waals surface area contributed by atoms with Gasteiger partial charge in [-0.05, 0) is 25.2 Å². The molecule has 0 bridgehead atoms. The first kappa shape index (κ1) is 17.7. The number of amides is 1. The number of carbonyl (C=O) groups is 1. The minimum atomic E-state index is -0.720. The number of hydrogen-bond acceptors (Lipinski definition) is 6. The van der Waals surface area contributed by atoms with Crippen LogP contribution in [0.4, 0.5) is 11.5 Å². The van der Waals surface area contributed by atoms with Crippen LogP contribution in [0.5, 0.6) is 0 Å². The Bertz CT molecular complexity index is 864. The number of carbonyl (C=O) groups excluding carboxylic acids is 1. The average molecular weight is 383 g/mol. The Labute approximate surface area is 154 Å². The van der Waals surface area contributed by atoms with Gasteiger partial charge in [0, 0.05) is 19.0 Å². The predicted molar refractivity (Wildman–Crippen MR) is 95.8 cm³/mol. The van der Waals surface area contributed by atoms with E-state index < -0.39 is 5.66 Å². The first-order valence-electron chi connectivity index (χ1n) is 7.63. The van der Waals surface area contributed by atoms with Gasteiger partial charge in [0.15, 0.2) is 0 Å². The fourth-order valence-electron chi connectivity index (χ4n) is 3.31. The van der Waals surface area contributed by atoms with Gasteiger partial charge in [-0.25, -0.2) is 9.97 Å². The molecule has 0 aromatic carbocycles. The van der Waals surface area contributed by atoms with Gasteiger partial charge in [0.05, 0.1) is 5.02 Å². The Hall–Kier alpha value is -2.16. The van der Waals surface area contributed by atoms with Gasteiger partial charge in [-0.15, -0.1) is 12.4 Å². The normalized spacial score (nSPS) is 17.6. The van der Waals surface area contributed by atoms with Crippen LogP contribution in [-0.4, -0.2) is 33.5 Å². The third kappa shape index (κ3) is 2.86. The lowest BCUT2D eigenvalue weighted by molar-refractivity contribution is 0.0886. The summed E-state index contributed by atoms with van der Waals surface area (Å²) < 4.78 is 1.50. The highest BCUT2D eigenvalue weighted by molar-refractivity contribution is 6.34. The molecule has 10 heteroatoms. The zero-order valence-corrected chi connectivity index (χ0v) is 14.7. The number of anilines is 2. The summed E-state index contributed by atoms with van der Waals surface area (Å²) in [5.74, 6) is 0.169. The van der Waals surface area contributed by atoms with Crippen molar-refractivity contribution >= 4 is 41.4 Å². The SMILES string of the molecule is Cl.O=C1NC2(CCNCC2)n2c1c(Cl)cc(Nc1ccncn1)c2=O. The predicted octanol–water partition coefficient (Wildman–Crippen LogP) is 1.24. The molecule has 0 radical (unpaired) electrons. The maximum Gasteiger partial charge on any atom is 0.276 e. The maximum atomic E-state index is 13.0. The first-order chi connectivity index (χ1) is 11.6. The third-order valence-corrected chi connectivity index (χ3v) is 4.71. The number of piperidine rings is 1. The summed E-state index contributed by atoms with van der Waals surface area (Å²) in [5.41, 5.74) is -0.524. The van der Waals surface area contributed by atoms with Crippen LogP contribution in [0, 0.1) is 0 Å². The highest BCUT2D eigenvalue weighted by Gasteiger charge is 2.45. The van der Waals surface area contributed by atoms with E-state index in [1.54, 1.807) is 12.3 Å². The van der Waals surface area contributed by atoms with Crippen LogP contribution < -0.4 is 21.5 Å². The molecular formula is C15H16Cl2N6O2. The van der Waals surface area contributed by atoms with E-state index in [-0.39, 0.29) is 40.3 Å². The molecule has 3 N–H and O–H groups in total. The number of fused-ring (bicyclic) bond motifs is 2. The summed E-state index contributed by atoms with van der Waals surface area (Å²) in [6.07, 6.45) is 4.20. The molecule has 1 spiro atoms. The van der Waals surface area contributed by atoms with E-state index in [2.05, 4.69) is 25.9 Å². The summed E-state index contributed by atoms with van der Waals surface area (Å²) in [6, 6.07) is 3.12. The second-order valence-corrected chi connectivity index (χ2v) is 6.26. The quantitative estimate of drug-likeness (QED) is 0.722. The van der Waals surface area contributed by atoms with Crippen molar-refractivity contribution < 1.29 is 4.79 Å². The van der Waals surface area contributed by atoms with Crippen LogP contribution in [0.1, 0.15) is 23.3 Å². The molecule has 4 rings (SSSR count). The van der Waals surface area contributed by atoms with Gasteiger partial charge in [0.1, 0.15) is 29.2 Å². The van der Waals surface area contributed by atoms with Crippen LogP contribution in [0.3, 0.4) is 0 Å². The smallest absolute Gasteiger partial charge is 0.276 e. The lowest BCUT2D eigenvalue weighted by Crippen LogP contribution is -2.53. The van der Waals surface area contributed by atoms with Gasteiger partial charge in [0.25, 0.3) is 11.5 Å². The summed E-state index contributed by atoms with van der Waals surface area (Å²) in [6.45, 7) is 1.43. The van der Waals surface area contributed by atoms with Gasteiger partial charge in [0.2, 0.25) is 0 Å². The highest BCUT2D eigenvalue weighted by atomic mass is 35.5. The second kappa shape index (κ2) is 6.62. The van der Waals surface area contributed by atoms with E-state index in [1.807, 2.05) is 0 Å². The molecule has 2 aromatic heterocycles. The Balaban J connectivity index is 0.00000182. The molecule has 0 saturated carbocycles. The number of nitrogens with one attached hydrogen (secondary N) is 3. The lowest BCUT2D eigenvalue weighted by Gasteiger charge is -2.35. The molecule has 8 nitrogen and oxygen atoms in total. The van der Waals surface area contributed by atoms with Crippen LogP contribution in [0.2, 0.25) is 5.02 Å². The minimum absolute atomic E-state index is 0. The Kier molecular flexibility index (Phi) is 4.68. The molecule has 2 aromatic rings. The zero-order chi connectivity index (χ0) is 16.7. The van der Waals surface area contributed by atoms with Gasteiger partial charge in [-0.3, -0.25) is 14.2 Å².